The first-order valence-corrected chi connectivity index (χ1v) is 9.28. The number of thioether (sulfide) groups is 1. The average molecular weight is 329 g/mol. The molecule has 1 aromatic heterocycles. The largest absolute Gasteiger partial charge is 0.333 e. The van der Waals surface area contributed by atoms with Crippen LogP contribution in [0.15, 0.2) is 29.2 Å². The standard InChI is InChI=1S/C18H23N3OS/c1-12(2)8-15-10-17(20-19-15)18(22)21-7-6-13-9-16(23-3)5-4-14(13)11-21/h4-5,9-10,12H,6-8,11H2,1-3H3,(H,19,20). The Morgan fingerprint density at radius 2 is 2.17 bits per heavy atom. The zero-order chi connectivity index (χ0) is 16.4. The molecule has 0 atom stereocenters. The molecule has 0 fully saturated rings. The summed E-state index contributed by atoms with van der Waals surface area (Å²) in [6, 6.07) is 8.42. The topological polar surface area (TPSA) is 49.0 Å². The second kappa shape index (κ2) is 6.79. The zero-order valence-electron chi connectivity index (χ0n) is 13.9. The summed E-state index contributed by atoms with van der Waals surface area (Å²) in [5.41, 5.74) is 4.18. The first-order chi connectivity index (χ1) is 11.1. The summed E-state index contributed by atoms with van der Waals surface area (Å²) in [5.74, 6) is 0.571. The van der Waals surface area contributed by atoms with Gasteiger partial charge in [-0.3, -0.25) is 9.89 Å². The molecule has 0 saturated carbocycles. The lowest BCUT2D eigenvalue weighted by Crippen LogP contribution is -2.36. The van der Waals surface area contributed by atoms with Gasteiger partial charge in [0.25, 0.3) is 5.91 Å². The van der Waals surface area contributed by atoms with Crippen LogP contribution in [0.25, 0.3) is 0 Å². The number of nitrogens with one attached hydrogen (secondary N) is 1. The Balaban J connectivity index is 1.72. The molecule has 4 nitrogen and oxygen atoms in total. The predicted molar refractivity (Wildman–Crippen MR) is 93.8 cm³/mol. The molecule has 1 N–H and O–H groups in total. The number of benzene rings is 1. The van der Waals surface area contributed by atoms with Crippen LogP contribution in [-0.4, -0.2) is 33.8 Å². The van der Waals surface area contributed by atoms with Gasteiger partial charge in [-0.2, -0.15) is 5.10 Å². The van der Waals surface area contributed by atoms with E-state index in [1.165, 1.54) is 16.0 Å². The lowest BCUT2D eigenvalue weighted by molar-refractivity contribution is 0.0728. The Morgan fingerprint density at radius 1 is 1.35 bits per heavy atom. The van der Waals surface area contributed by atoms with Gasteiger partial charge in [0.1, 0.15) is 5.69 Å². The van der Waals surface area contributed by atoms with Crippen molar-refractivity contribution < 1.29 is 4.79 Å². The average Bonchev–Trinajstić information content (AvgIpc) is 3.00. The van der Waals surface area contributed by atoms with Crippen molar-refractivity contribution in [3.8, 4) is 0 Å². The van der Waals surface area contributed by atoms with Gasteiger partial charge in [0, 0.05) is 23.7 Å². The summed E-state index contributed by atoms with van der Waals surface area (Å²) < 4.78 is 0. The summed E-state index contributed by atoms with van der Waals surface area (Å²) in [6.07, 6.45) is 3.92. The molecular weight excluding hydrogens is 306 g/mol. The number of fused-ring (bicyclic) bond motifs is 1. The number of carbonyl (C=O) groups is 1. The molecule has 1 amide bonds. The second-order valence-corrected chi connectivity index (χ2v) is 7.37. The fourth-order valence-corrected chi connectivity index (χ4v) is 3.47. The highest BCUT2D eigenvalue weighted by Gasteiger charge is 2.23. The van der Waals surface area contributed by atoms with Crippen LogP contribution in [0.3, 0.4) is 0 Å². The molecule has 0 spiro atoms. The van der Waals surface area contributed by atoms with Gasteiger partial charge in [0.05, 0.1) is 0 Å². The fourth-order valence-electron chi connectivity index (χ4n) is 3.01. The molecule has 1 aliphatic rings. The quantitative estimate of drug-likeness (QED) is 0.873. The molecule has 2 heterocycles. The van der Waals surface area contributed by atoms with Crippen LogP contribution < -0.4 is 0 Å². The van der Waals surface area contributed by atoms with Gasteiger partial charge < -0.3 is 4.90 Å². The summed E-state index contributed by atoms with van der Waals surface area (Å²) in [7, 11) is 0. The Labute approximate surface area is 141 Å². The first kappa shape index (κ1) is 16.1. The van der Waals surface area contributed by atoms with Crippen molar-refractivity contribution in [3.05, 3.63) is 46.8 Å². The van der Waals surface area contributed by atoms with E-state index in [9.17, 15) is 4.79 Å². The number of hydrogen-bond donors (Lipinski definition) is 1. The van der Waals surface area contributed by atoms with Gasteiger partial charge >= 0.3 is 0 Å². The molecule has 1 aliphatic heterocycles. The minimum Gasteiger partial charge on any atom is -0.333 e. The molecule has 122 valence electrons. The summed E-state index contributed by atoms with van der Waals surface area (Å²) >= 11 is 1.76. The number of carbonyl (C=O) groups excluding carboxylic acids is 1. The second-order valence-electron chi connectivity index (χ2n) is 6.49. The number of aromatic nitrogens is 2. The predicted octanol–water partition coefficient (Wildman–Crippen LogP) is 3.53. The molecule has 0 bridgehead atoms. The van der Waals surface area contributed by atoms with Crippen LogP contribution in [0.5, 0.6) is 0 Å². The molecule has 1 aromatic carbocycles. The van der Waals surface area contributed by atoms with Crippen LogP contribution in [0.1, 0.15) is 41.2 Å². The monoisotopic (exact) mass is 329 g/mol. The van der Waals surface area contributed by atoms with E-state index >= 15 is 0 Å². The molecule has 2 aromatic rings. The van der Waals surface area contributed by atoms with E-state index in [1.807, 2.05) is 11.0 Å². The molecule has 0 aliphatic carbocycles. The van der Waals surface area contributed by atoms with Gasteiger partial charge in [-0.05, 0) is 54.3 Å². The lowest BCUT2D eigenvalue weighted by Gasteiger charge is -2.28. The van der Waals surface area contributed by atoms with Gasteiger partial charge in [-0.25, -0.2) is 0 Å². The Morgan fingerprint density at radius 3 is 2.91 bits per heavy atom. The zero-order valence-corrected chi connectivity index (χ0v) is 14.7. The summed E-state index contributed by atoms with van der Waals surface area (Å²) in [4.78, 5) is 15.9. The molecule has 5 heteroatoms. The molecular formula is C18H23N3OS. The van der Waals surface area contributed by atoms with E-state index in [2.05, 4.69) is 48.5 Å². The molecule has 0 radical (unpaired) electrons. The van der Waals surface area contributed by atoms with E-state index in [-0.39, 0.29) is 5.91 Å². The first-order valence-electron chi connectivity index (χ1n) is 8.06. The van der Waals surface area contributed by atoms with E-state index in [0.717, 1.165) is 25.1 Å². The molecule has 3 rings (SSSR count). The molecule has 0 saturated heterocycles. The van der Waals surface area contributed by atoms with E-state index in [4.69, 9.17) is 0 Å². The highest BCUT2D eigenvalue weighted by atomic mass is 32.2. The third kappa shape index (κ3) is 3.61. The highest BCUT2D eigenvalue weighted by Crippen LogP contribution is 2.25. The number of aromatic amines is 1. The Bertz CT molecular complexity index is 708. The highest BCUT2D eigenvalue weighted by molar-refractivity contribution is 7.98. The lowest BCUT2D eigenvalue weighted by atomic mass is 9.99. The fraction of sp³-hybridized carbons (Fsp3) is 0.444. The van der Waals surface area contributed by atoms with Crippen molar-refractivity contribution in [1.82, 2.24) is 15.1 Å². The van der Waals surface area contributed by atoms with E-state index in [1.54, 1.807) is 11.8 Å². The maximum Gasteiger partial charge on any atom is 0.274 e. The van der Waals surface area contributed by atoms with Crippen LogP contribution >= 0.6 is 11.8 Å². The van der Waals surface area contributed by atoms with Gasteiger partial charge in [-0.1, -0.05) is 19.9 Å². The molecule has 23 heavy (non-hydrogen) atoms. The van der Waals surface area contributed by atoms with Crippen LogP contribution in [0.2, 0.25) is 0 Å². The van der Waals surface area contributed by atoms with Crippen LogP contribution in [-0.2, 0) is 19.4 Å². The molecule has 0 unspecified atom stereocenters. The van der Waals surface area contributed by atoms with Crippen molar-refractivity contribution in [3.63, 3.8) is 0 Å². The maximum atomic E-state index is 12.7. The van der Waals surface area contributed by atoms with Crippen molar-refractivity contribution in [2.75, 3.05) is 12.8 Å². The smallest absolute Gasteiger partial charge is 0.274 e. The number of rotatable bonds is 4. The van der Waals surface area contributed by atoms with E-state index < -0.39 is 0 Å². The normalized spacial score (nSPS) is 14.2. The van der Waals surface area contributed by atoms with Gasteiger partial charge in [0.15, 0.2) is 0 Å². The Kier molecular flexibility index (Phi) is 4.76. The van der Waals surface area contributed by atoms with Gasteiger partial charge in [0.2, 0.25) is 0 Å². The minimum atomic E-state index is 0.0239. The number of amides is 1. The SMILES string of the molecule is CSc1ccc2c(c1)CCN(C(=O)c1cc(CC(C)C)[nH]n1)C2. The minimum absolute atomic E-state index is 0.0239. The number of H-pyrrole nitrogens is 1. The van der Waals surface area contributed by atoms with Crippen LogP contribution in [0.4, 0.5) is 0 Å². The van der Waals surface area contributed by atoms with E-state index in [0.29, 0.717) is 18.2 Å². The Hall–Kier alpha value is -1.75. The summed E-state index contributed by atoms with van der Waals surface area (Å²) in [5, 5.41) is 7.20. The van der Waals surface area contributed by atoms with Crippen LogP contribution in [0, 0.1) is 5.92 Å². The van der Waals surface area contributed by atoms with Gasteiger partial charge in [-0.15, -0.1) is 11.8 Å². The number of nitrogens with zero attached hydrogens (tertiary/aromatic N) is 2. The maximum absolute atomic E-state index is 12.7. The summed E-state index contributed by atoms with van der Waals surface area (Å²) in [6.45, 7) is 5.75. The van der Waals surface area contributed by atoms with Crippen molar-refractivity contribution in [2.24, 2.45) is 5.92 Å². The van der Waals surface area contributed by atoms with Crippen molar-refractivity contribution >= 4 is 17.7 Å². The number of hydrogen-bond acceptors (Lipinski definition) is 3. The van der Waals surface area contributed by atoms with Crippen molar-refractivity contribution in [1.29, 1.82) is 0 Å². The third-order valence-corrected chi connectivity index (χ3v) is 4.92. The third-order valence-electron chi connectivity index (χ3n) is 4.19. The van der Waals surface area contributed by atoms with Crippen molar-refractivity contribution in [2.45, 2.75) is 38.1 Å².